The summed E-state index contributed by atoms with van der Waals surface area (Å²) in [5.41, 5.74) is 15.1. The topological polar surface area (TPSA) is 13.1 Å². The molecule has 0 bridgehead atoms. The monoisotopic (exact) mass is 727 g/mol. The van der Waals surface area contributed by atoms with Crippen LogP contribution >= 0.6 is 0 Å². The Kier molecular flexibility index (Phi) is 7.82. The van der Waals surface area contributed by atoms with E-state index in [1.54, 1.807) is 0 Å². The smallest absolute Gasteiger partial charge is 0.0561 e. The Morgan fingerprint density at radius 1 is 0.281 bits per heavy atom. The van der Waals surface area contributed by atoms with Crippen LogP contribution in [-0.4, -0.2) is 9.13 Å². The van der Waals surface area contributed by atoms with Crippen LogP contribution in [-0.2, 0) is 0 Å². The first-order valence-electron chi connectivity index (χ1n) is 19.5. The fourth-order valence-corrected chi connectivity index (χ4v) is 8.75. The molecule has 268 valence electrons. The molecule has 0 fully saturated rings. The van der Waals surface area contributed by atoms with Crippen molar-refractivity contribution in [1.29, 1.82) is 0 Å². The molecule has 0 aliphatic rings. The average molecular weight is 728 g/mol. The number of aromatic nitrogens is 2. The standard InChI is InChI=1S/C54H37N3/c1-5-16-38(17-6-1)39-28-30-43(31-29-39)55(45-32-34-48-47-24-13-14-26-50(47)57(53(48)37-45)42-22-11-4-12-23-42)44-33-35-51-49(36-44)54-46(40-18-7-2-8-19-40)25-15-27-52(54)56(51)41-20-9-3-10-21-41/h1-37H. The molecule has 3 nitrogen and oxygen atoms in total. The first-order valence-corrected chi connectivity index (χ1v) is 19.5. The molecule has 0 aliphatic heterocycles. The average Bonchev–Trinajstić information content (AvgIpc) is 3.80. The third kappa shape index (κ3) is 5.51. The summed E-state index contributed by atoms with van der Waals surface area (Å²) < 4.78 is 4.80. The largest absolute Gasteiger partial charge is 0.310 e. The maximum atomic E-state index is 2.41. The number of hydrogen-bond acceptors (Lipinski definition) is 1. The highest BCUT2D eigenvalue weighted by Crippen LogP contribution is 2.44. The van der Waals surface area contributed by atoms with Gasteiger partial charge in [-0.05, 0) is 101 Å². The Hall–Kier alpha value is -7.62. The van der Waals surface area contributed by atoms with Gasteiger partial charge in [0.1, 0.15) is 0 Å². The van der Waals surface area contributed by atoms with E-state index >= 15 is 0 Å². The van der Waals surface area contributed by atoms with Crippen LogP contribution in [0.25, 0.3) is 77.2 Å². The van der Waals surface area contributed by atoms with Gasteiger partial charge in [0.2, 0.25) is 0 Å². The molecule has 0 amide bonds. The third-order valence-corrected chi connectivity index (χ3v) is 11.3. The van der Waals surface area contributed by atoms with Crippen molar-refractivity contribution >= 4 is 60.7 Å². The second kappa shape index (κ2) is 13.6. The lowest BCUT2D eigenvalue weighted by atomic mass is 9.99. The molecule has 0 saturated heterocycles. The zero-order valence-electron chi connectivity index (χ0n) is 31.2. The van der Waals surface area contributed by atoms with Crippen molar-refractivity contribution in [1.82, 2.24) is 9.13 Å². The summed E-state index contributed by atoms with van der Waals surface area (Å²) in [7, 11) is 0. The van der Waals surface area contributed by atoms with Crippen LogP contribution in [0.4, 0.5) is 17.1 Å². The minimum absolute atomic E-state index is 1.09. The van der Waals surface area contributed by atoms with Crippen molar-refractivity contribution in [2.24, 2.45) is 0 Å². The van der Waals surface area contributed by atoms with Gasteiger partial charge in [-0.25, -0.2) is 0 Å². The predicted molar refractivity (Wildman–Crippen MR) is 241 cm³/mol. The molecule has 11 rings (SSSR count). The minimum Gasteiger partial charge on any atom is -0.310 e. The van der Waals surface area contributed by atoms with Gasteiger partial charge in [-0.2, -0.15) is 0 Å². The molecule has 2 heterocycles. The predicted octanol–water partition coefficient (Wildman–Crippen LogP) is 14.7. The number of para-hydroxylation sites is 3. The van der Waals surface area contributed by atoms with Crippen molar-refractivity contribution in [2.45, 2.75) is 0 Å². The number of nitrogens with zero attached hydrogens (tertiary/aromatic N) is 3. The van der Waals surface area contributed by atoms with Gasteiger partial charge in [-0.1, -0.05) is 146 Å². The zero-order chi connectivity index (χ0) is 37.7. The van der Waals surface area contributed by atoms with Crippen molar-refractivity contribution in [3.8, 4) is 33.6 Å². The normalized spacial score (nSPS) is 11.5. The second-order valence-corrected chi connectivity index (χ2v) is 14.6. The highest BCUT2D eigenvalue weighted by atomic mass is 15.1. The fourth-order valence-electron chi connectivity index (χ4n) is 8.75. The van der Waals surface area contributed by atoms with E-state index < -0.39 is 0 Å². The van der Waals surface area contributed by atoms with Crippen LogP contribution in [0.5, 0.6) is 0 Å². The number of anilines is 3. The molecule has 0 spiro atoms. The van der Waals surface area contributed by atoms with Crippen molar-refractivity contribution < 1.29 is 0 Å². The Morgan fingerprint density at radius 3 is 1.47 bits per heavy atom. The molecule has 9 aromatic carbocycles. The summed E-state index contributed by atoms with van der Waals surface area (Å²) in [6.45, 7) is 0. The summed E-state index contributed by atoms with van der Waals surface area (Å²) in [4.78, 5) is 2.41. The molecule has 11 aromatic rings. The Labute approximate surface area is 331 Å². The van der Waals surface area contributed by atoms with E-state index in [9.17, 15) is 0 Å². The summed E-state index contributed by atoms with van der Waals surface area (Å²) in [6, 6.07) is 81.1. The minimum atomic E-state index is 1.09. The van der Waals surface area contributed by atoms with Gasteiger partial charge in [0, 0.05) is 50.0 Å². The molecule has 57 heavy (non-hydrogen) atoms. The van der Waals surface area contributed by atoms with Gasteiger partial charge in [-0.3, -0.25) is 0 Å². The van der Waals surface area contributed by atoms with Gasteiger partial charge in [0.05, 0.1) is 22.1 Å². The van der Waals surface area contributed by atoms with Crippen LogP contribution in [0.3, 0.4) is 0 Å². The van der Waals surface area contributed by atoms with E-state index in [0.717, 1.165) is 28.4 Å². The zero-order valence-corrected chi connectivity index (χ0v) is 31.2. The first kappa shape index (κ1) is 32.8. The van der Waals surface area contributed by atoms with Crippen LogP contribution in [0, 0.1) is 0 Å². The van der Waals surface area contributed by atoms with E-state index in [-0.39, 0.29) is 0 Å². The van der Waals surface area contributed by atoms with E-state index in [2.05, 4.69) is 238 Å². The van der Waals surface area contributed by atoms with Gasteiger partial charge in [0.25, 0.3) is 0 Å². The van der Waals surface area contributed by atoms with E-state index in [4.69, 9.17) is 0 Å². The Balaban J connectivity index is 1.18. The molecule has 0 atom stereocenters. The van der Waals surface area contributed by atoms with Crippen LogP contribution in [0.1, 0.15) is 0 Å². The molecular formula is C54H37N3. The van der Waals surface area contributed by atoms with Crippen molar-refractivity contribution in [2.75, 3.05) is 4.90 Å². The molecule has 0 saturated carbocycles. The van der Waals surface area contributed by atoms with Crippen LogP contribution in [0.15, 0.2) is 224 Å². The maximum absolute atomic E-state index is 2.41. The lowest BCUT2D eigenvalue weighted by molar-refractivity contribution is 1.17. The highest BCUT2D eigenvalue weighted by molar-refractivity contribution is 6.17. The van der Waals surface area contributed by atoms with Gasteiger partial charge in [-0.15, -0.1) is 0 Å². The summed E-state index contributed by atoms with van der Waals surface area (Å²) in [5, 5.41) is 4.91. The van der Waals surface area contributed by atoms with Gasteiger partial charge < -0.3 is 14.0 Å². The van der Waals surface area contributed by atoms with E-state index in [1.807, 2.05) is 0 Å². The molecular weight excluding hydrogens is 691 g/mol. The fraction of sp³-hybridized carbons (Fsp3) is 0. The Bertz CT molecular complexity index is 3200. The molecule has 0 unspecified atom stereocenters. The van der Waals surface area contributed by atoms with Crippen molar-refractivity contribution in [3.05, 3.63) is 224 Å². The molecule has 0 N–H and O–H groups in total. The maximum Gasteiger partial charge on any atom is 0.0561 e. The molecule has 3 heteroatoms. The Morgan fingerprint density at radius 2 is 0.772 bits per heavy atom. The summed E-state index contributed by atoms with van der Waals surface area (Å²) in [5.74, 6) is 0. The summed E-state index contributed by atoms with van der Waals surface area (Å²) >= 11 is 0. The van der Waals surface area contributed by atoms with Crippen molar-refractivity contribution in [3.63, 3.8) is 0 Å². The van der Waals surface area contributed by atoms with Crippen LogP contribution in [0.2, 0.25) is 0 Å². The number of fused-ring (bicyclic) bond motifs is 6. The number of rotatable bonds is 7. The number of benzene rings is 9. The quantitative estimate of drug-likeness (QED) is 0.159. The van der Waals surface area contributed by atoms with Gasteiger partial charge in [0.15, 0.2) is 0 Å². The lowest BCUT2D eigenvalue weighted by Gasteiger charge is -2.26. The van der Waals surface area contributed by atoms with Gasteiger partial charge >= 0.3 is 0 Å². The second-order valence-electron chi connectivity index (χ2n) is 14.6. The van der Waals surface area contributed by atoms with E-state index in [1.165, 1.54) is 65.9 Å². The molecule has 0 radical (unpaired) electrons. The number of hydrogen-bond donors (Lipinski definition) is 0. The SMILES string of the molecule is c1ccc(-c2ccc(N(c3ccc4c(c3)c3c(-c5ccccc5)cccc3n4-c3ccccc3)c3ccc4c5ccccc5n(-c5ccccc5)c4c3)cc2)cc1. The van der Waals surface area contributed by atoms with E-state index in [0.29, 0.717) is 0 Å². The molecule has 0 aliphatic carbocycles. The lowest BCUT2D eigenvalue weighted by Crippen LogP contribution is -2.10. The summed E-state index contributed by atoms with van der Waals surface area (Å²) in [6.07, 6.45) is 0. The highest BCUT2D eigenvalue weighted by Gasteiger charge is 2.21. The molecule has 2 aromatic heterocycles. The first-order chi connectivity index (χ1) is 28.3. The van der Waals surface area contributed by atoms with Crippen LogP contribution < -0.4 is 4.90 Å². The third-order valence-electron chi connectivity index (χ3n) is 11.3.